The Morgan fingerprint density at radius 2 is 1.73 bits per heavy atom. The van der Waals surface area contributed by atoms with Gasteiger partial charge in [-0.05, 0) is 36.2 Å². The van der Waals surface area contributed by atoms with Crippen LogP contribution in [0.4, 0.5) is 13.2 Å². The molecule has 0 fully saturated rings. The van der Waals surface area contributed by atoms with E-state index in [1.54, 1.807) is 30.3 Å². The summed E-state index contributed by atoms with van der Waals surface area (Å²) in [6.45, 7) is -0.309. The molecule has 0 bridgehead atoms. The number of nitrogens with zero attached hydrogens (tertiary/aromatic N) is 1. The zero-order valence-corrected chi connectivity index (χ0v) is 17.1. The Hall–Kier alpha value is -2.28. The minimum absolute atomic E-state index is 0.208. The molecule has 1 unspecified atom stereocenters. The first-order valence-electron chi connectivity index (χ1n) is 8.55. The number of thiol groups is 1. The number of alkyl halides is 3. The van der Waals surface area contributed by atoms with E-state index in [1.807, 2.05) is 0 Å². The number of sulfonamides is 1. The van der Waals surface area contributed by atoms with Gasteiger partial charge in [0.1, 0.15) is 5.75 Å². The summed E-state index contributed by atoms with van der Waals surface area (Å²) in [5.74, 6) is -1.37. The molecule has 0 spiro atoms. The molecule has 0 saturated heterocycles. The molecule has 2 rings (SSSR count). The second-order valence-electron chi connectivity index (χ2n) is 6.09. The molecule has 164 valence electrons. The number of hydroxylamine groups is 1. The number of carbonyl (C=O) groups is 1. The first-order chi connectivity index (χ1) is 14.0. The van der Waals surface area contributed by atoms with Gasteiger partial charge < -0.3 is 4.74 Å². The van der Waals surface area contributed by atoms with Crippen LogP contribution in [0.3, 0.4) is 0 Å². The van der Waals surface area contributed by atoms with Crippen LogP contribution in [-0.2, 0) is 21.2 Å². The summed E-state index contributed by atoms with van der Waals surface area (Å²) in [7, 11) is -4.23. The second kappa shape index (κ2) is 10.2. The number of halogens is 3. The highest BCUT2D eigenvalue weighted by Crippen LogP contribution is 2.27. The lowest BCUT2D eigenvalue weighted by Gasteiger charge is -2.27. The molecular weight excluding hydrogens is 445 g/mol. The Balaban J connectivity index is 2.29. The number of amides is 1. The van der Waals surface area contributed by atoms with Crippen LogP contribution in [0, 0.1) is 0 Å². The largest absolute Gasteiger partial charge is 0.573 e. The molecule has 30 heavy (non-hydrogen) atoms. The Bertz CT molecular complexity index is 939. The van der Waals surface area contributed by atoms with Crippen molar-refractivity contribution in [3.63, 3.8) is 0 Å². The van der Waals surface area contributed by atoms with Crippen molar-refractivity contribution in [2.75, 3.05) is 6.54 Å². The highest BCUT2D eigenvalue weighted by atomic mass is 32.2. The summed E-state index contributed by atoms with van der Waals surface area (Å²) in [5, 5.41) is 7.79. The van der Waals surface area contributed by atoms with Crippen molar-refractivity contribution in [3.8, 4) is 5.75 Å². The van der Waals surface area contributed by atoms with Crippen LogP contribution in [-0.4, -0.2) is 42.1 Å². The lowest BCUT2D eigenvalue weighted by atomic mass is 10.1. The van der Waals surface area contributed by atoms with Crippen LogP contribution >= 0.6 is 12.6 Å². The van der Waals surface area contributed by atoms with E-state index >= 15 is 0 Å². The van der Waals surface area contributed by atoms with Crippen LogP contribution in [0.1, 0.15) is 12.0 Å². The first kappa shape index (κ1) is 24.0. The highest BCUT2D eigenvalue weighted by Gasteiger charge is 2.33. The van der Waals surface area contributed by atoms with Gasteiger partial charge >= 0.3 is 6.36 Å². The number of benzene rings is 2. The predicted octanol–water partition coefficient (Wildman–Crippen LogP) is 2.97. The molecule has 0 heterocycles. The lowest BCUT2D eigenvalue weighted by molar-refractivity contribution is -0.274. The molecule has 0 saturated carbocycles. The van der Waals surface area contributed by atoms with E-state index in [-0.39, 0.29) is 24.3 Å². The number of hydrogen-bond donors (Lipinski definition) is 3. The smallest absolute Gasteiger partial charge is 0.406 e. The van der Waals surface area contributed by atoms with E-state index in [0.29, 0.717) is 0 Å². The summed E-state index contributed by atoms with van der Waals surface area (Å²) in [4.78, 5) is 11.1. The molecule has 2 N–H and O–H groups in total. The molecule has 1 atom stereocenters. The zero-order valence-electron chi connectivity index (χ0n) is 15.4. The maximum Gasteiger partial charge on any atom is 0.573 e. The van der Waals surface area contributed by atoms with E-state index in [0.717, 1.165) is 34.1 Å². The molecule has 12 heteroatoms. The van der Waals surface area contributed by atoms with Gasteiger partial charge in [0.2, 0.25) is 15.9 Å². The minimum atomic E-state index is -4.91. The fraction of sp³-hybridized carbons (Fsp3) is 0.278. The van der Waals surface area contributed by atoms with E-state index in [2.05, 4.69) is 17.4 Å². The standard InChI is InChI=1S/C18H19F3N2O5S2/c19-18(20,21)28-14-6-8-15(9-7-14)30(26,27)23(11-10-16(24)22-25)17(29)12-13-4-2-1-3-5-13/h1-9,17,25,29H,10-12H2,(H,22,24). The molecular formula is C18H19F3N2O5S2. The fourth-order valence-corrected chi connectivity index (χ4v) is 4.75. The van der Waals surface area contributed by atoms with E-state index in [9.17, 15) is 26.4 Å². The average molecular weight is 464 g/mol. The molecule has 0 radical (unpaired) electrons. The Morgan fingerprint density at radius 1 is 1.13 bits per heavy atom. The minimum Gasteiger partial charge on any atom is -0.406 e. The van der Waals surface area contributed by atoms with Gasteiger partial charge in [-0.15, -0.1) is 13.2 Å². The van der Waals surface area contributed by atoms with E-state index in [1.165, 1.54) is 5.48 Å². The van der Waals surface area contributed by atoms with E-state index in [4.69, 9.17) is 5.21 Å². The highest BCUT2D eigenvalue weighted by molar-refractivity contribution is 7.90. The first-order valence-corrected chi connectivity index (χ1v) is 10.5. The second-order valence-corrected chi connectivity index (χ2v) is 8.58. The maximum atomic E-state index is 13.1. The normalized spacial score (nSPS) is 13.1. The van der Waals surface area contributed by atoms with E-state index < -0.39 is 33.4 Å². The summed E-state index contributed by atoms with van der Waals surface area (Å²) in [6.07, 6.45) is -5.05. The average Bonchev–Trinajstić information content (AvgIpc) is 2.67. The molecule has 0 aliphatic rings. The lowest BCUT2D eigenvalue weighted by Crippen LogP contribution is -2.40. The zero-order chi connectivity index (χ0) is 22.4. The number of rotatable bonds is 9. The van der Waals surface area contributed by atoms with Crippen molar-refractivity contribution in [2.45, 2.75) is 29.5 Å². The van der Waals surface area contributed by atoms with Gasteiger partial charge in [-0.1, -0.05) is 30.3 Å². The van der Waals surface area contributed by atoms with Crippen LogP contribution in [0.15, 0.2) is 59.5 Å². The molecule has 1 amide bonds. The van der Waals surface area contributed by atoms with Crippen molar-refractivity contribution in [1.29, 1.82) is 0 Å². The molecule has 7 nitrogen and oxygen atoms in total. The Labute approximate surface area is 176 Å². The number of carbonyl (C=O) groups excluding carboxylic acids is 1. The van der Waals surface area contributed by atoms with Crippen molar-refractivity contribution in [3.05, 3.63) is 60.2 Å². The maximum absolute atomic E-state index is 13.1. The van der Waals surface area contributed by atoms with Gasteiger partial charge in [0.15, 0.2) is 0 Å². The number of hydrogen-bond acceptors (Lipinski definition) is 6. The number of ether oxygens (including phenoxy) is 1. The van der Waals surface area contributed by atoms with Crippen LogP contribution in [0.2, 0.25) is 0 Å². The summed E-state index contributed by atoms with van der Waals surface area (Å²) in [6, 6.07) is 12.6. The van der Waals surface area contributed by atoms with Gasteiger partial charge in [0.05, 0.1) is 10.3 Å². The summed E-state index contributed by atoms with van der Waals surface area (Å²) >= 11 is 4.37. The molecule has 2 aromatic carbocycles. The van der Waals surface area contributed by atoms with Gasteiger partial charge in [-0.2, -0.15) is 16.9 Å². The third-order valence-corrected chi connectivity index (χ3v) is 6.48. The van der Waals surface area contributed by atoms with Crippen molar-refractivity contribution < 1.29 is 36.3 Å². The molecule has 0 aromatic heterocycles. The topological polar surface area (TPSA) is 95.9 Å². The molecule has 0 aliphatic carbocycles. The summed E-state index contributed by atoms with van der Waals surface area (Å²) in [5.41, 5.74) is 2.21. The summed E-state index contributed by atoms with van der Waals surface area (Å²) < 4.78 is 67.8. The molecule has 2 aromatic rings. The fourth-order valence-electron chi connectivity index (χ4n) is 2.57. The van der Waals surface area contributed by atoms with Gasteiger partial charge in [0, 0.05) is 13.0 Å². The van der Waals surface area contributed by atoms with Gasteiger partial charge in [-0.25, -0.2) is 13.9 Å². The van der Waals surface area contributed by atoms with Crippen molar-refractivity contribution in [1.82, 2.24) is 9.79 Å². The van der Waals surface area contributed by atoms with Crippen LogP contribution in [0.5, 0.6) is 5.75 Å². The quantitative estimate of drug-likeness (QED) is 0.230. The SMILES string of the molecule is O=C(CCN(C(S)Cc1ccccc1)S(=O)(=O)c1ccc(OC(F)(F)F)cc1)NO. The third kappa shape index (κ3) is 6.90. The Kier molecular flexibility index (Phi) is 8.12. The van der Waals surface area contributed by atoms with Gasteiger partial charge in [-0.3, -0.25) is 10.0 Å². The third-order valence-electron chi connectivity index (χ3n) is 3.94. The predicted molar refractivity (Wildman–Crippen MR) is 104 cm³/mol. The molecule has 0 aliphatic heterocycles. The van der Waals surface area contributed by atoms with Crippen LogP contribution < -0.4 is 10.2 Å². The van der Waals surface area contributed by atoms with Crippen molar-refractivity contribution in [2.24, 2.45) is 0 Å². The van der Waals surface area contributed by atoms with Crippen LogP contribution in [0.25, 0.3) is 0 Å². The van der Waals surface area contributed by atoms with Crippen molar-refractivity contribution >= 4 is 28.6 Å². The van der Waals surface area contributed by atoms with Gasteiger partial charge in [0.25, 0.3) is 0 Å². The Morgan fingerprint density at radius 3 is 2.27 bits per heavy atom. The monoisotopic (exact) mass is 464 g/mol. The number of nitrogens with one attached hydrogen (secondary N) is 1.